The number of nitrogens with one attached hydrogen (secondary N) is 1. The van der Waals surface area contributed by atoms with Crippen molar-refractivity contribution in [3.05, 3.63) is 28.8 Å². The van der Waals surface area contributed by atoms with Gasteiger partial charge in [-0.15, -0.1) is 0 Å². The molecule has 1 aromatic carbocycles. The smallest absolute Gasteiger partial charge is 0.178 e. The normalized spacial score (nSPS) is 20.7. The fourth-order valence-corrected chi connectivity index (χ4v) is 2.54. The third-order valence-corrected chi connectivity index (χ3v) is 3.25. The molecule has 2 aromatic rings. The van der Waals surface area contributed by atoms with Crippen LogP contribution in [0.2, 0.25) is 0 Å². The molecule has 0 aliphatic carbocycles. The van der Waals surface area contributed by atoms with Crippen LogP contribution in [-0.4, -0.2) is 22.8 Å². The average molecular weight is 238 g/mol. The van der Waals surface area contributed by atoms with Gasteiger partial charge in [-0.2, -0.15) is 0 Å². The molecule has 1 unspecified atom stereocenters. The number of aromatic nitrogens is 2. The molecular formula is C11H11FN2OS. The Morgan fingerprint density at radius 1 is 1.50 bits per heavy atom. The van der Waals surface area contributed by atoms with Crippen LogP contribution in [0.1, 0.15) is 12.5 Å². The minimum absolute atomic E-state index is 0.225. The number of hydrogen-bond acceptors (Lipinski definition) is 2. The molecule has 1 saturated heterocycles. The third-order valence-electron chi connectivity index (χ3n) is 2.95. The predicted octanol–water partition coefficient (Wildman–Crippen LogP) is 2.80. The van der Waals surface area contributed by atoms with E-state index in [-0.39, 0.29) is 11.9 Å². The van der Waals surface area contributed by atoms with Crippen molar-refractivity contribution in [1.29, 1.82) is 0 Å². The summed E-state index contributed by atoms with van der Waals surface area (Å²) in [4.78, 5) is 3.09. The molecular weight excluding hydrogens is 227 g/mol. The lowest BCUT2D eigenvalue weighted by Gasteiger charge is -2.10. The number of imidazole rings is 1. The van der Waals surface area contributed by atoms with Crippen molar-refractivity contribution in [3.8, 4) is 0 Å². The highest BCUT2D eigenvalue weighted by Crippen LogP contribution is 2.25. The molecule has 3 rings (SSSR count). The summed E-state index contributed by atoms with van der Waals surface area (Å²) >= 11 is 5.26. The maximum absolute atomic E-state index is 13.2. The minimum atomic E-state index is -0.242. The number of ether oxygens (including phenoxy) is 1. The second kappa shape index (κ2) is 3.68. The number of fused-ring (bicyclic) bond motifs is 1. The topological polar surface area (TPSA) is 29.9 Å². The summed E-state index contributed by atoms with van der Waals surface area (Å²) in [5, 5.41) is 0. The Hall–Kier alpha value is -1.20. The second-order valence-corrected chi connectivity index (χ2v) is 4.37. The van der Waals surface area contributed by atoms with Crippen molar-refractivity contribution in [2.45, 2.75) is 12.5 Å². The molecule has 1 fully saturated rings. The van der Waals surface area contributed by atoms with E-state index in [0.717, 1.165) is 24.1 Å². The largest absolute Gasteiger partial charge is 0.379 e. The lowest BCUT2D eigenvalue weighted by molar-refractivity contribution is 0.187. The molecule has 1 N–H and O–H groups in total. The average Bonchev–Trinajstić information content (AvgIpc) is 2.83. The van der Waals surface area contributed by atoms with Gasteiger partial charge in [0.25, 0.3) is 0 Å². The highest BCUT2D eigenvalue weighted by molar-refractivity contribution is 7.71. The Morgan fingerprint density at radius 3 is 3.12 bits per heavy atom. The number of hydrogen-bond donors (Lipinski definition) is 1. The van der Waals surface area contributed by atoms with Crippen LogP contribution in [0.3, 0.4) is 0 Å². The van der Waals surface area contributed by atoms with E-state index in [0.29, 0.717) is 11.4 Å². The molecule has 2 heterocycles. The first kappa shape index (κ1) is 9.99. The van der Waals surface area contributed by atoms with Crippen LogP contribution in [0.5, 0.6) is 0 Å². The van der Waals surface area contributed by atoms with Crippen LogP contribution in [0.15, 0.2) is 18.2 Å². The molecule has 3 nitrogen and oxygen atoms in total. The first-order valence-electron chi connectivity index (χ1n) is 5.23. The molecule has 1 aliphatic rings. The van der Waals surface area contributed by atoms with Crippen LogP contribution in [0.25, 0.3) is 11.0 Å². The highest BCUT2D eigenvalue weighted by atomic mass is 32.1. The Balaban J connectivity index is 2.25. The number of nitrogens with zero attached hydrogens (tertiary/aromatic N) is 1. The number of H-pyrrole nitrogens is 1. The van der Waals surface area contributed by atoms with Crippen molar-refractivity contribution in [1.82, 2.24) is 9.55 Å². The molecule has 0 saturated carbocycles. The number of benzene rings is 1. The summed E-state index contributed by atoms with van der Waals surface area (Å²) in [5.74, 6) is -0.242. The zero-order valence-electron chi connectivity index (χ0n) is 8.57. The van der Waals surface area contributed by atoms with Crippen molar-refractivity contribution < 1.29 is 9.13 Å². The molecule has 16 heavy (non-hydrogen) atoms. The number of aromatic amines is 1. The van der Waals surface area contributed by atoms with E-state index in [9.17, 15) is 4.39 Å². The van der Waals surface area contributed by atoms with Gasteiger partial charge in [0.15, 0.2) is 4.77 Å². The summed E-state index contributed by atoms with van der Waals surface area (Å²) in [7, 11) is 0. The molecule has 1 aromatic heterocycles. The number of halogens is 1. The van der Waals surface area contributed by atoms with Gasteiger partial charge in [0, 0.05) is 6.61 Å². The van der Waals surface area contributed by atoms with Crippen LogP contribution in [0, 0.1) is 10.6 Å². The summed E-state index contributed by atoms with van der Waals surface area (Å²) in [6.45, 7) is 1.40. The molecule has 0 bridgehead atoms. The van der Waals surface area contributed by atoms with E-state index in [4.69, 9.17) is 17.0 Å². The van der Waals surface area contributed by atoms with Crippen LogP contribution in [0.4, 0.5) is 4.39 Å². The van der Waals surface area contributed by atoms with Crippen molar-refractivity contribution in [2.75, 3.05) is 13.2 Å². The third kappa shape index (κ3) is 1.47. The second-order valence-electron chi connectivity index (χ2n) is 3.98. The van der Waals surface area contributed by atoms with Gasteiger partial charge >= 0.3 is 0 Å². The monoisotopic (exact) mass is 238 g/mol. The van der Waals surface area contributed by atoms with E-state index in [1.165, 1.54) is 12.1 Å². The molecule has 0 radical (unpaired) electrons. The van der Waals surface area contributed by atoms with Crippen molar-refractivity contribution in [3.63, 3.8) is 0 Å². The van der Waals surface area contributed by atoms with Gasteiger partial charge in [-0.25, -0.2) is 4.39 Å². The van der Waals surface area contributed by atoms with Gasteiger partial charge in [0.1, 0.15) is 5.82 Å². The number of rotatable bonds is 1. The summed E-state index contributed by atoms with van der Waals surface area (Å²) in [5.41, 5.74) is 1.69. The SMILES string of the molecule is Fc1ccc2[nH]c(=S)n(C3CCOC3)c2c1. The van der Waals surface area contributed by atoms with Crippen LogP contribution < -0.4 is 0 Å². The lowest BCUT2D eigenvalue weighted by Crippen LogP contribution is -2.08. The van der Waals surface area contributed by atoms with Gasteiger partial charge < -0.3 is 14.3 Å². The molecule has 0 spiro atoms. The van der Waals surface area contributed by atoms with Gasteiger partial charge in [-0.1, -0.05) is 0 Å². The first-order chi connectivity index (χ1) is 7.75. The van der Waals surface area contributed by atoms with Gasteiger partial charge in [-0.05, 0) is 36.8 Å². The summed E-state index contributed by atoms with van der Waals surface area (Å²) < 4.78 is 21.2. The van der Waals surface area contributed by atoms with Crippen molar-refractivity contribution in [2.24, 2.45) is 0 Å². The van der Waals surface area contributed by atoms with E-state index >= 15 is 0 Å². The first-order valence-corrected chi connectivity index (χ1v) is 5.64. The van der Waals surface area contributed by atoms with E-state index in [2.05, 4.69) is 4.98 Å². The quantitative estimate of drug-likeness (QED) is 0.774. The maximum atomic E-state index is 13.2. The Bertz CT molecular complexity index is 583. The fraction of sp³-hybridized carbons (Fsp3) is 0.364. The zero-order valence-corrected chi connectivity index (χ0v) is 9.39. The highest BCUT2D eigenvalue weighted by Gasteiger charge is 2.20. The zero-order chi connectivity index (χ0) is 11.1. The molecule has 84 valence electrons. The minimum Gasteiger partial charge on any atom is -0.379 e. The van der Waals surface area contributed by atoms with Crippen LogP contribution >= 0.6 is 12.2 Å². The Labute approximate surface area is 96.8 Å². The van der Waals surface area contributed by atoms with E-state index in [1.54, 1.807) is 6.07 Å². The van der Waals surface area contributed by atoms with Crippen LogP contribution in [-0.2, 0) is 4.74 Å². The van der Waals surface area contributed by atoms with Gasteiger partial charge in [0.05, 0.1) is 23.7 Å². The molecule has 1 aliphatic heterocycles. The lowest BCUT2D eigenvalue weighted by atomic mass is 10.2. The van der Waals surface area contributed by atoms with E-state index in [1.807, 2.05) is 4.57 Å². The summed E-state index contributed by atoms with van der Waals surface area (Å²) in [6.07, 6.45) is 0.928. The maximum Gasteiger partial charge on any atom is 0.178 e. The molecule has 1 atom stereocenters. The van der Waals surface area contributed by atoms with Crippen molar-refractivity contribution >= 4 is 23.3 Å². The Kier molecular flexibility index (Phi) is 2.29. The predicted molar refractivity (Wildman–Crippen MR) is 61.6 cm³/mol. The molecule has 5 heteroatoms. The summed E-state index contributed by atoms with van der Waals surface area (Å²) in [6, 6.07) is 4.89. The van der Waals surface area contributed by atoms with Gasteiger partial charge in [-0.3, -0.25) is 0 Å². The Morgan fingerprint density at radius 2 is 2.38 bits per heavy atom. The molecule has 0 amide bonds. The fourth-order valence-electron chi connectivity index (χ4n) is 2.18. The standard InChI is InChI=1S/C11H11FN2OS/c12-7-1-2-9-10(5-7)14(11(16)13-9)8-3-4-15-6-8/h1-2,5,8H,3-4,6H2,(H,13,16). The van der Waals surface area contributed by atoms with Gasteiger partial charge in [0.2, 0.25) is 0 Å². The van der Waals surface area contributed by atoms with E-state index < -0.39 is 0 Å².